The summed E-state index contributed by atoms with van der Waals surface area (Å²) in [7, 11) is 0. The molecule has 0 spiro atoms. The van der Waals surface area contributed by atoms with Crippen molar-refractivity contribution in [2.75, 3.05) is 6.73 Å². The minimum atomic E-state index is -1.35. The van der Waals surface area contributed by atoms with E-state index in [1.54, 1.807) is 0 Å². The molecule has 0 atom stereocenters. The van der Waals surface area contributed by atoms with Gasteiger partial charge in [-0.05, 0) is 0 Å². The fourth-order valence-corrected chi connectivity index (χ4v) is 1.43. The van der Waals surface area contributed by atoms with E-state index < -0.39 is 36.5 Å². The molecular formula is C10H8N2O7. The van der Waals surface area contributed by atoms with E-state index in [9.17, 15) is 24.0 Å². The van der Waals surface area contributed by atoms with Gasteiger partial charge in [0, 0.05) is 25.0 Å². The van der Waals surface area contributed by atoms with Crippen molar-refractivity contribution in [2.24, 2.45) is 0 Å². The average molecular weight is 268 g/mol. The van der Waals surface area contributed by atoms with Crippen molar-refractivity contribution in [2.45, 2.75) is 12.8 Å². The van der Waals surface area contributed by atoms with Crippen LogP contribution in [-0.2, 0) is 28.8 Å². The number of rotatable bonds is 3. The van der Waals surface area contributed by atoms with E-state index in [-0.39, 0.29) is 12.8 Å². The Labute approximate surface area is 106 Å². The molecule has 2 heterocycles. The monoisotopic (exact) mass is 268 g/mol. The van der Waals surface area contributed by atoms with Crippen LogP contribution in [0.2, 0.25) is 0 Å². The molecule has 0 aromatic heterocycles. The van der Waals surface area contributed by atoms with Crippen LogP contribution >= 0.6 is 0 Å². The van der Waals surface area contributed by atoms with Crippen LogP contribution in [0, 0.1) is 0 Å². The molecule has 1 fully saturated rings. The van der Waals surface area contributed by atoms with Crippen LogP contribution < -0.4 is 0 Å². The van der Waals surface area contributed by atoms with Crippen LogP contribution in [0.5, 0.6) is 0 Å². The first-order valence-corrected chi connectivity index (χ1v) is 5.23. The third kappa shape index (κ3) is 2.59. The summed E-state index contributed by atoms with van der Waals surface area (Å²) in [6.07, 6.45) is 0.601. The average Bonchev–Trinajstić information content (AvgIpc) is 2.84. The highest BCUT2D eigenvalue weighted by Gasteiger charge is 2.34. The first-order valence-electron chi connectivity index (χ1n) is 5.23. The summed E-state index contributed by atoms with van der Waals surface area (Å²) in [6.45, 7) is -0.653. The standard InChI is InChI=1S/C10H8N2O7/c13-6-1-2-7(14)11(6)5-18-10(17)19-12-8(15)3-4-9(12)16/h1-2H,3-5H2. The second kappa shape index (κ2) is 4.88. The smallest absolute Gasteiger partial charge is 0.411 e. The lowest BCUT2D eigenvalue weighted by Gasteiger charge is -2.15. The molecule has 19 heavy (non-hydrogen) atoms. The molecule has 2 aliphatic heterocycles. The number of imide groups is 2. The van der Waals surface area contributed by atoms with Gasteiger partial charge in [0.05, 0.1) is 0 Å². The predicted octanol–water partition coefficient (Wildman–Crippen LogP) is -0.914. The van der Waals surface area contributed by atoms with E-state index in [1.165, 1.54) is 0 Å². The topological polar surface area (TPSA) is 110 Å². The molecule has 100 valence electrons. The summed E-state index contributed by atoms with van der Waals surface area (Å²) in [5.74, 6) is -2.58. The first-order chi connectivity index (χ1) is 8.99. The molecule has 0 aromatic carbocycles. The Hall–Kier alpha value is -2.71. The summed E-state index contributed by atoms with van der Waals surface area (Å²) < 4.78 is 4.46. The predicted molar refractivity (Wildman–Crippen MR) is 54.5 cm³/mol. The molecule has 0 N–H and O–H groups in total. The van der Waals surface area contributed by atoms with Crippen LogP contribution in [0.3, 0.4) is 0 Å². The first kappa shape index (κ1) is 12.7. The van der Waals surface area contributed by atoms with Gasteiger partial charge < -0.3 is 4.74 Å². The minimum absolute atomic E-state index is 0.0425. The highest BCUT2D eigenvalue weighted by molar-refractivity contribution is 6.12. The fourth-order valence-electron chi connectivity index (χ4n) is 1.43. The van der Waals surface area contributed by atoms with Gasteiger partial charge in [-0.1, -0.05) is 5.06 Å². The highest BCUT2D eigenvalue weighted by Crippen LogP contribution is 2.12. The van der Waals surface area contributed by atoms with Crippen molar-refractivity contribution in [3.63, 3.8) is 0 Å². The van der Waals surface area contributed by atoms with Gasteiger partial charge in [-0.3, -0.25) is 24.0 Å². The molecule has 0 aromatic rings. The maximum atomic E-state index is 11.2. The molecule has 0 saturated carbocycles. The van der Waals surface area contributed by atoms with Crippen LogP contribution in [0.15, 0.2) is 12.2 Å². The van der Waals surface area contributed by atoms with Crippen molar-refractivity contribution in [3.8, 4) is 0 Å². The van der Waals surface area contributed by atoms with Gasteiger partial charge >= 0.3 is 6.16 Å². The normalized spacial score (nSPS) is 18.5. The number of amides is 4. The van der Waals surface area contributed by atoms with Gasteiger partial charge in [-0.25, -0.2) is 9.69 Å². The van der Waals surface area contributed by atoms with Crippen molar-refractivity contribution < 1.29 is 33.5 Å². The van der Waals surface area contributed by atoms with Gasteiger partial charge in [0.25, 0.3) is 23.6 Å². The number of ether oxygens (including phenoxy) is 1. The molecule has 9 heteroatoms. The maximum Gasteiger partial charge on any atom is 0.535 e. The number of carbonyl (C=O) groups is 5. The van der Waals surface area contributed by atoms with E-state index >= 15 is 0 Å². The third-order valence-electron chi connectivity index (χ3n) is 2.38. The molecule has 0 radical (unpaired) electrons. The Morgan fingerprint density at radius 3 is 2.11 bits per heavy atom. The van der Waals surface area contributed by atoms with E-state index in [2.05, 4.69) is 9.57 Å². The molecule has 2 rings (SSSR count). The number of hydroxylamine groups is 2. The molecule has 2 aliphatic rings. The van der Waals surface area contributed by atoms with Crippen LogP contribution in [-0.4, -0.2) is 46.5 Å². The molecule has 0 unspecified atom stereocenters. The quantitative estimate of drug-likeness (QED) is 0.481. The summed E-state index contributed by atoms with van der Waals surface area (Å²) in [6, 6.07) is 0. The fraction of sp³-hybridized carbons (Fsp3) is 0.300. The second-order valence-corrected chi connectivity index (χ2v) is 3.63. The molecule has 1 saturated heterocycles. The lowest BCUT2D eigenvalue weighted by Crippen LogP contribution is -2.36. The maximum absolute atomic E-state index is 11.2. The van der Waals surface area contributed by atoms with Crippen molar-refractivity contribution in [1.82, 2.24) is 9.96 Å². The highest BCUT2D eigenvalue weighted by atomic mass is 16.8. The Bertz CT molecular complexity index is 476. The van der Waals surface area contributed by atoms with Gasteiger partial charge in [-0.2, -0.15) is 0 Å². The lowest BCUT2D eigenvalue weighted by molar-refractivity contribution is -0.179. The Kier molecular flexibility index (Phi) is 3.27. The summed E-state index contributed by atoms with van der Waals surface area (Å²) >= 11 is 0. The molecule has 0 bridgehead atoms. The number of nitrogens with zero attached hydrogens (tertiary/aromatic N) is 2. The molecule has 4 amide bonds. The molecule has 9 nitrogen and oxygen atoms in total. The van der Waals surface area contributed by atoms with Crippen molar-refractivity contribution in [1.29, 1.82) is 0 Å². The van der Waals surface area contributed by atoms with Crippen molar-refractivity contribution in [3.05, 3.63) is 12.2 Å². The second-order valence-electron chi connectivity index (χ2n) is 3.63. The summed E-state index contributed by atoms with van der Waals surface area (Å²) in [4.78, 5) is 60.7. The van der Waals surface area contributed by atoms with Crippen LogP contribution in [0.1, 0.15) is 12.8 Å². The Balaban J connectivity index is 1.82. The minimum Gasteiger partial charge on any atom is -0.411 e. The lowest BCUT2D eigenvalue weighted by atomic mass is 10.4. The SMILES string of the molecule is O=C(OCN1C(=O)C=CC1=O)ON1C(=O)CCC1=O. The van der Waals surface area contributed by atoms with Crippen LogP contribution in [0.25, 0.3) is 0 Å². The summed E-state index contributed by atoms with van der Waals surface area (Å²) in [5.41, 5.74) is 0. The molecule has 0 aliphatic carbocycles. The summed E-state index contributed by atoms with van der Waals surface area (Å²) in [5, 5.41) is 0.300. The number of hydrogen-bond acceptors (Lipinski definition) is 7. The van der Waals surface area contributed by atoms with Crippen molar-refractivity contribution >= 4 is 29.8 Å². The van der Waals surface area contributed by atoms with Gasteiger partial charge in [0.1, 0.15) is 0 Å². The van der Waals surface area contributed by atoms with E-state index in [0.717, 1.165) is 12.2 Å². The van der Waals surface area contributed by atoms with E-state index in [4.69, 9.17) is 0 Å². The van der Waals surface area contributed by atoms with E-state index in [1.807, 2.05) is 0 Å². The van der Waals surface area contributed by atoms with Gasteiger partial charge in [0.15, 0.2) is 6.73 Å². The van der Waals surface area contributed by atoms with Crippen LogP contribution in [0.4, 0.5) is 4.79 Å². The zero-order valence-electron chi connectivity index (χ0n) is 9.53. The zero-order valence-corrected chi connectivity index (χ0v) is 9.53. The Morgan fingerprint density at radius 2 is 1.58 bits per heavy atom. The zero-order chi connectivity index (χ0) is 14.0. The van der Waals surface area contributed by atoms with Gasteiger partial charge in [0.2, 0.25) is 0 Å². The van der Waals surface area contributed by atoms with E-state index in [0.29, 0.717) is 9.96 Å². The number of carbonyl (C=O) groups excluding carboxylic acids is 5. The van der Waals surface area contributed by atoms with Gasteiger partial charge in [-0.15, -0.1) is 0 Å². The Morgan fingerprint density at radius 1 is 1.05 bits per heavy atom. The largest absolute Gasteiger partial charge is 0.535 e. The third-order valence-corrected chi connectivity index (χ3v) is 2.38. The number of hydrogen-bond donors (Lipinski definition) is 0. The molecular weight excluding hydrogens is 260 g/mol.